The monoisotopic (exact) mass is 208 g/mol. The number of esters is 1. The van der Waals surface area contributed by atoms with Crippen LogP contribution in [0.5, 0.6) is 0 Å². The molecule has 84 valence electrons. The third-order valence-corrected chi connectivity index (χ3v) is 5.12. The molecule has 4 atom stereocenters. The molecule has 0 amide bonds. The molecule has 2 aliphatic carbocycles. The van der Waals surface area contributed by atoms with Gasteiger partial charge in [-0.05, 0) is 37.0 Å². The molecule has 3 rings (SSSR count). The van der Waals surface area contributed by atoms with E-state index in [0.29, 0.717) is 16.7 Å². The number of rotatable bonds is 0. The van der Waals surface area contributed by atoms with Gasteiger partial charge in [-0.15, -0.1) is 0 Å². The van der Waals surface area contributed by atoms with E-state index in [0.717, 1.165) is 12.8 Å². The molecule has 0 spiro atoms. The van der Waals surface area contributed by atoms with Gasteiger partial charge < -0.3 is 4.74 Å². The molecule has 1 heterocycles. The van der Waals surface area contributed by atoms with Gasteiger partial charge in [-0.3, -0.25) is 4.79 Å². The van der Waals surface area contributed by atoms with Crippen LogP contribution >= 0.6 is 0 Å². The summed E-state index contributed by atoms with van der Waals surface area (Å²) in [6, 6.07) is 0. The molecule has 1 saturated heterocycles. The maximum atomic E-state index is 11.9. The first-order valence-electron chi connectivity index (χ1n) is 6.13. The largest absolute Gasteiger partial charge is 0.462 e. The third-order valence-electron chi connectivity index (χ3n) is 5.12. The molecular weight excluding hydrogens is 188 g/mol. The molecule has 0 radical (unpaired) electrons. The molecule has 2 heteroatoms. The Bertz CT molecular complexity index is 320. The van der Waals surface area contributed by atoms with Gasteiger partial charge in [-0.25, -0.2) is 0 Å². The first-order chi connectivity index (χ1) is 6.92. The summed E-state index contributed by atoms with van der Waals surface area (Å²) in [6.07, 6.45) is 4.81. The summed E-state index contributed by atoms with van der Waals surface area (Å²) in [4.78, 5) is 11.9. The average Bonchev–Trinajstić information content (AvgIpc) is 2.46. The highest BCUT2D eigenvalue weighted by Crippen LogP contribution is 2.62. The number of ether oxygens (including phenoxy) is 1. The van der Waals surface area contributed by atoms with Gasteiger partial charge in [0.25, 0.3) is 0 Å². The topological polar surface area (TPSA) is 26.3 Å². The minimum Gasteiger partial charge on any atom is -0.462 e. The highest BCUT2D eigenvalue weighted by atomic mass is 16.5. The van der Waals surface area contributed by atoms with Crippen molar-refractivity contribution in [2.45, 2.75) is 52.6 Å². The van der Waals surface area contributed by atoms with Crippen molar-refractivity contribution in [3.05, 3.63) is 0 Å². The molecule has 2 nitrogen and oxygen atoms in total. The van der Waals surface area contributed by atoms with Crippen molar-refractivity contribution in [3.8, 4) is 0 Å². The van der Waals surface area contributed by atoms with Crippen molar-refractivity contribution < 1.29 is 9.53 Å². The van der Waals surface area contributed by atoms with Crippen molar-refractivity contribution in [2.75, 3.05) is 0 Å². The van der Waals surface area contributed by atoms with Crippen LogP contribution in [0.3, 0.4) is 0 Å². The van der Waals surface area contributed by atoms with E-state index in [1.807, 2.05) is 0 Å². The Balaban J connectivity index is 1.94. The van der Waals surface area contributed by atoms with Gasteiger partial charge in [0.2, 0.25) is 0 Å². The van der Waals surface area contributed by atoms with Crippen LogP contribution in [0, 0.1) is 22.7 Å². The molecule has 0 bridgehead atoms. The normalized spacial score (nSPS) is 51.4. The lowest BCUT2D eigenvalue weighted by Crippen LogP contribution is -2.56. The minimum absolute atomic E-state index is 0.0905. The van der Waals surface area contributed by atoms with Gasteiger partial charge in [0, 0.05) is 5.41 Å². The van der Waals surface area contributed by atoms with E-state index in [4.69, 9.17) is 4.74 Å². The summed E-state index contributed by atoms with van der Waals surface area (Å²) in [5, 5.41) is 0. The molecular formula is C13H20O2. The quantitative estimate of drug-likeness (QED) is 0.572. The van der Waals surface area contributed by atoms with Gasteiger partial charge in [0.1, 0.15) is 6.10 Å². The van der Waals surface area contributed by atoms with Gasteiger partial charge in [0.05, 0.1) is 5.92 Å². The van der Waals surface area contributed by atoms with Crippen molar-refractivity contribution in [3.63, 3.8) is 0 Å². The average molecular weight is 208 g/mol. The molecule has 0 unspecified atom stereocenters. The lowest BCUT2D eigenvalue weighted by atomic mass is 9.56. The zero-order valence-corrected chi connectivity index (χ0v) is 9.88. The van der Waals surface area contributed by atoms with Crippen LogP contribution in [-0.2, 0) is 9.53 Å². The van der Waals surface area contributed by atoms with Crippen molar-refractivity contribution in [1.29, 1.82) is 0 Å². The fourth-order valence-electron chi connectivity index (χ4n) is 4.06. The number of carbonyl (C=O) groups is 1. The molecule has 3 aliphatic rings. The van der Waals surface area contributed by atoms with Gasteiger partial charge >= 0.3 is 5.97 Å². The van der Waals surface area contributed by atoms with E-state index < -0.39 is 0 Å². The molecule has 1 aliphatic heterocycles. The Kier molecular flexibility index (Phi) is 1.67. The zero-order valence-electron chi connectivity index (χ0n) is 9.88. The second-order valence-electron chi connectivity index (χ2n) is 6.76. The summed E-state index contributed by atoms with van der Waals surface area (Å²) >= 11 is 0. The first-order valence-corrected chi connectivity index (χ1v) is 6.13. The van der Waals surface area contributed by atoms with Gasteiger partial charge in [-0.2, -0.15) is 0 Å². The van der Waals surface area contributed by atoms with Crippen molar-refractivity contribution in [2.24, 2.45) is 22.7 Å². The molecule has 15 heavy (non-hydrogen) atoms. The van der Waals surface area contributed by atoms with Crippen LogP contribution in [0.2, 0.25) is 0 Å². The first kappa shape index (κ1) is 9.68. The summed E-state index contributed by atoms with van der Waals surface area (Å²) in [6.45, 7) is 6.90. The molecule has 2 saturated carbocycles. The zero-order chi connectivity index (χ0) is 10.8. The van der Waals surface area contributed by atoms with Crippen LogP contribution in [0.4, 0.5) is 0 Å². The predicted molar refractivity (Wildman–Crippen MR) is 57.2 cm³/mol. The Morgan fingerprint density at radius 1 is 1.27 bits per heavy atom. The third kappa shape index (κ3) is 1.14. The summed E-state index contributed by atoms with van der Waals surface area (Å²) in [7, 11) is 0. The number of fused-ring (bicyclic) bond motifs is 3. The van der Waals surface area contributed by atoms with E-state index in [1.54, 1.807) is 0 Å². The van der Waals surface area contributed by atoms with E-state index >= 15 is 0 Å². The molecule has 3 fully saturated rings. The maximum absolute atomic E-state index is 11.9. The summed E-state index contributed by atoms with van der Waals surface area (Å²) in [5.74, 6) is 0.877. The number of carbonyl (C=O) groups excluding carboxylic acids is 1. The fraction of sp³-hybridized carbons (Fsp3) is 0.923. The van der Waals surface area contributed by atoms with Crippen molar-refractivity contribution >= 4 is 5.97 Å². The van der Waals surface area contributed by atoms with E-state index in [2.05, 4.69) is 20.8 Å². The highest BCUT2D eigenvalue weighted by Gasteiger charge is 2.62. The van der Waals surface area contributed by atoms with E-state index in [1.165, 1.54) is 12.8 Å². The standard InChI is InChI=1S/C13H20O2/c1-12(2)6-8-9(7-12)13(3)5-4-10(13)15-11(8)14/h8-10H,4-7H2,1-3H3/t8-,9-,10-,13-/m1/s1. The number of hydrogen-bond acceptors (Lipinski definition) is 2. The number of hydrogen-bond donors (Lipinski definition) is 0. The van der Waals surface area contributed by atoms with Gasteiger partial charge in [0.15, 0.2) is 0 Å². The smallest absolute Gasteiger partial charge is 0.309 e. The van der Waals surface area contributed by atoms with Crippen LogP contribution in [-0.4, -0.2) is 12.1 Å². The second kappa shape index (κ2) is 2.58. The van der Waals surface area contributed by atoms with E-state index in [9.17, 15) is 4.79 Å². The molecule has 0 aromatic rings. The molecule has 0 aromatic heterocycles. The van der Waals surface area contributed by atoms with Gasteiger partial charge in [-0.1, -0.05) is 20.8 Å². The lowest BCUT2D eigenvalue weighted by Gasteiger charge is -2.55. The Hall–Kier alpha value is -0.530. The SMILES string of the molecule is CC1(C)C[C@@H]2[C@@H](C1)C(=O)O[C@@H]1CC[C@]21C. The summed E-state index contributed by atoms with van der Waals surface area (Å²) < 4.78 is 5.56. The van der Waals surface area contributed by atoms with Crippen LogP contribution in [0.25, 0.3) is 0 Å². The highest BCUT2D eigenvalue weighted by molar-refractivity contribution is 5.75. The lowest BCUT2D eigenvalue weighted by molar-refractivity contribution is -0.204. The molecule has 0 aromatic carbocycles. The fourth-order valence-corrected chi connectivity index (χ4v) is 4.06. The van der Waals surface area contributed by atoms with Crippen molar-refractivity contribution in [1.82, 2.24) is 0 Å². The summed E-state index contributed by atoms with van der Waals surface area (Å²) in [5.41, 5.74) is 0.647. The Morgan fingerprint density at radius 3 is 2.60 bits per heavy atom. The van der Waals surface area contributed by atoms with Crippen LogP contribution in [0.15, 0.2) is 0 Å². The second-order valence-corrected chi connectivity index (χ2v) is 6.76. The Morgan fingerprint density at radius 2 is 2.00 bits per heavy atom. The molecule has 0 N–H and O–H groups in total. The maximum Gasteiger partial charge on any atom is 0.309 e. The predicted octanol–water partition coefficient (Wildman–Crippen LogP) is 2.76. The Labute approximate surface area is 91.4 Å². The van der Waals surface area contributed by atoms with E-state index in [-0.39, 0.29) is 18.0 Å². The van der Waals surface area contributed by atoms with Crippen LogP contribution in [0.1, 0.15) is 46.5 Å². The van der Waals surface area contributed by atoms with Crippen LogP contribution < -0.4 is 0 Å². The minimum atomic E-state index is 0.0905.